The molecule has 0 saturated heterocycles. The number of aliphatic hydroxyl groups excluding tert-OH is 2. The van der Waals surface area contributed by atoms with Crippen molar-refractivity contribution < 1.29 is 14.9 Å². The van der Waals surface area contributed by atoms with Crippen molar-refractivity contribution >= 4 is 0 Å². The van der Waals surface area contributed by atoms with Crippen LogP contribution in [0.3, 0.4) is 0 Å². The molecular weight excluding hydrogens is 204 g/mol. The topological polar surface area (TPSA) is 49.7 Å². The highest BCUT2D eigenvalue weighted by molar-refractivity contribution is 5.13. The molecule has 1 rings (SSSR count). The normalized spacial score (nSPS) is 14.4. The molecule has 1 aromatic carbocycles. The Morgan fingerprint density at radius 1 is 1.19 bits per heavy atom. The fourth-order valence-corrected chi connectivity index (χ4v) is 1.31. The van der Waals surface area contributed by atoms with Gasteiger partial charge in [-0.3, -0.25) is 0 Å². The van der Waals surface area contributed by atoms with Crippen molar-refractivity contribution in [2.45, 2.75) is 25.2 Å². The molecule has 0 spiro atoms. The lowest BCUT2D eigenvalue weighted by Gasteiger charge is -2.16. The van der Waals surface area contributed by atoms with Crippen molar-refractivity contribution in [1.82, 2.24) is 0 Å². The van der Waals surface area contributed by atoms with Gasteiger partial charge in [-0.2, -0.15) is 0 Å². The summed E-state index contributed by atoms with van der Waals surface area (Å²) in [6, 6.07) is 9.70. The first kappa shape index (κ1) is 12.9. The Morgan fingerprint density at radius 3 is 2.50 bits per heavy atom. The van der Waals surface area contributed by atoms with Crippen molar-refractivity contribution in [3.8, 4) is 0 Å². The van der Waals surface area contributed by atoms with E-state index in [9.17, 15) is 10.2 Å². The van der Waals surface area contributed by atoms with Gasteiger partial charge in [0.15, 0.2) is 0 Å². The number of benzene rings is 1. The van der Waals surface area contributed by atoms with E-state index in [1.54, 1.807) is 6.08 Å². The molecule has 1 aromatic rings. The van der Waals surface area contributed by atoms with Crippen LogP contribution < -0.4 is 0 Å². The van der Waals surface area contributed by atoms with Gasteiger partial charge in [-0.15, -0.1) is 6.58 Å². The van der Waals surface area contributed by atoms with Crippen molar-refractivity contribution in [3.05, 3.63) is 48.6 Å². The zero-order valence-corrected chi connectivity index (χ0v) is 9.25. The second kappa shape index (κ2) is 7.17. The summed E-state index contributed by atoms with van der Waals surface area (Å²) >= 11 is 0. The minimum atomic E-state index is -0.860. The molecule has 0 aliphatic rings. The number of hydrogen-bond donors (Lipinski definition) is 2. The Labute approximate surface area is 96.0 Å². The van der Waals surface area contributed by atoms with Gasteiger partial charge in [0, 0.05) is 0 Å². The summed E-state index contributed by atoms with van der Waals surface area (Å²) in [6.07, 6.45) is 0.288. The first-order valence-corrected chi connectivity index (χ1v) is 5.32. The molecule has 0 unspecified atom stereocenters. The number of rotatable bonds is 7. The SMILES string of the molecule is C=CC[C@H](O)[C@@H](O)COCc1ccccc1. The van der Waals surface area contributed by atoms with Crippen molar-refractivity contribution in [2.24, 2.45) is 0 Å². The van der Waals surface area contributed by atoms with Crippen LogP contribution in [0.2, 0.25) is 0 Å². The first-order chi connectivity index (χ1) is 7.74. The largest absolute Gasteiger partial charge is 0.390 e. The van der Waals surface area contributed by atoms with E-state index < -0.39 is 12.2 Å². The minimum Gasteiger partial charge on any atom is -0.390 e. The van der Waals surface area contributed by atoms with E-state index in [0.29, 0.717) is 13.0 Å². The third-order valence-electron chi connectivity index (χ3n) is 2.25. The van der Waals surface area contributed by atoms with Crippen LogP contribution in [0.25, 0.3) is 0 Å². The Bertz CT molecular complexity index is 297. The zero-order chi connectivity index (χ0) is 11.8. The van der Waals surface area contributed by atoms with E-state index in [-0.39, 0.29) is 6.61 Å². The van der Waals surface area contributed by atoms with E-state index in [1.807, 2.05) is 30.3 Å². The minimum absolute atomic E-state index is 0.129. The van der Waals surface area contributed by atoms with Gasteiger partial charge in [0.05, 0.1) is 19.3 Å². The maximum Gasteiger partial charge on any atom is 0.103 e. The van der Waals surface area contributed by atoms with Crippen LogP contribution in [0.15, 0.2) is 43.0 Å². The van der Waals surface area contributed by atoms with Gasteiger partial charge in [0.2, 0.25) is 0 Å². The molecule has 0 bridgehead atoms. The molecule has 3 nitrogen and oxygen atoms in total. The summed E-state index contributed by atoms with van der Waals surface area (Å²) in [5.74, 6) is 0. The molecule has 16 heavy (non-hydrogen) atoms. The standard InChI is InChI=1S/C13H18O3/c1-2-6-12(14)13(15)10-16-9-11-7-4-3-5-8-11/h2-5,7-8,12-15H,1,6,9-10H2/t12-,13-/m0/s1. The Kier molecular flexibility index (Phi) is 5.78. The quantitative estimate of drug-likeness (QED) is 0.687. The number of hydrogen-bond acceptors (Lipinski definition) is 3. The zero-order valence-electron chi connectivity index (χ0n) is 9.25. The molecule has 0 aliphatic heterocycles. The molecule has 0 saturated carbocycles. The van der Waals surface area contributed by atoms with Gasteiger partial charge in [-0.05, 0) is 12.0 Å². The second-order valence-electron chi connectivity index (χ2n) is 3.66. The van der Waals surface area contributed by atoms with Gasteiger partial charge < -0.3 is 14.9 Å². The second-order valence-corrected chi connectivity index (χ2v) is 3.66. The van der Waals surface area contributed by atoms with Crippen LogP contribution in [-0.4, -0.2) is 29.0 Å². The molecule has 3 heteroatoms. The molecule has 0 amide bonds. The lowest BCUT2D eigenvalue weighted by Crippen LogP contribution is -2.29. The fourth-order valence-electron chi connectivity index (χ4n) is 1.31. The third kappa shape index (κ3) is 4.57. The predicted octanol–water partition coefficient (Wildman–Crippen LogP) is 1.50. The summed E-state index contributed by atoms with van der Waals surface area (Å²) in [4.78, 5) is 0. The van der Waals surface area contributed by atoms with Gasteiger partial charge in [-0.25, -0.2) is 0 Å². The van der Waals surface area contributed by atoms with Crippen molar-refractivity contribution in [2.75, 3.05) is 6.61 Å². The van der Waals surface area contributed by atoms with Gasteiger partial charge in [0.1, 0.15) is 6.10 Å². The van der Waals surface area contributed by atoms with Crippen LogP contribution in [-0.2, 0) is 11.3 Å². The summed E-state index contributed by atoms with van der Waals surface area (Å²) in [6.45, 7) is 4.07. The smallest absolute Gasteiger partial charge is 0.103 e. The van der Waals surface area contributed by atoms with Crippen LogP contribution in [0.1, 0.15) is 12.0 Å². The van der Waals surface area contributed by atoms with Crippen LogP contribution >= 0.6 is 0 Å². The monoisotopic (exact) mass is 222 g/mol. The lowest BCUT2D eigenvalue weighted by molar-refractivity contribution is -0.0406. The average Bonchev–Trinajstić information content (AvgIpc) is 2.30. The first-order valence-electron chi connectivity index (χ1n) is 5.32. The molecule has 2 atom stereocenters. The molecule has 0 aromatic heterocycles. The molecule has 0 fully saturated rings. The van der Waals surface area contributed by atoms with Crippen LogP contribution in [0.4, 0.5) is 0 Å². The maximum absolute atomic E-state index is 9.50. The third-order valence-corrected chi connectivity index (χ3v) is 2.25. The highest BCUT2D eigenvalue weighted by atomic mass is 16.5. The summed E-state index contributed by atoms with van der Waals surface area (Å²) in [5, 5.41) is 18.9. The molecular formula is C13H18O3. The number of aliphatic hydroxyl groups is 2. The van der Waals surface area contributed by atoms with E-state index in [2.05, 4.69) is 6.58 Å². The molecule has 0 heterocycles. The van der Waals surface area contributed by atoms with E-state index in [1.165, 1.54) is 0 Å². The van der Waals surface area contributed by atoms with Gasteiger partial charge in [0.25, 0.3) is 0 Å². The highest BCUT2D eigenvalue weighted by Crippen LogP contribution is 2.04. The average molecular weight is 222 g/mol. The van der Waals surface area contributed by atoms with Crippen molar-refractivity contribution in [1.29, 1.82) is 0 Å². The fraction of sp³-hybridized carbons (Fsp3) is 0.385. The molecule has 0 radical (unpaired) electrons. The molecule has 88 valence electrons. The Balaban J connectivity index is 2.22. The van der Waals surface area contributed by atoms with Crippen LogP contribution in [0, 0.1) is 0 Å². The summed E-state index contributed by atoms with van der Waals surface area (Å²) in [5.41, 5.74) is 1.05. The highest BCUT2D eigenvalue weighted by Gasteiger charge is 2.14. The van der Waals surface area contributed by atoms with Crippen LogP contribution in [0.5, 0.6) is 0 Å². The lowest BCUT2D eigenvalue weighted by atomic mass is 10.1. The van der Waals surface area contributed by atoms with E-state index in [0.717, 1.165) is 5.56 Å². The van der Waals surface area contributed by atoms with E-state index >= 15 is 0 Å². The maximum atomic E-state index is 9.50. The van der Waals surface area contributed by atoms with Crippen molar-refractivity contribution in [3.63, 3.8) is 0 Å². The number of ether oxygens (including phenoxy) is 1. The molecule has 0 aliphatic carbocycles. The van der Waals surface area contributed by atoms with Gasteiger partial charge in [-0.1, -0.05) is 36.4 Å². The molecule has 2 N–H and O–H groups in total. The van der Waals surface area contributed by atoms with E-state index in [4.69, 9.17) is 4.74 Å². The summed E-state index contributed by atoms with van der Waals surface area (Å²) in [7, 11) is 0. The summed E-state index contributed by atoms with van der Waals surface area (Å²) < 4.78 is 5.30. The Hall–Kier alpha value is -1.16. The predicted molar refractivity (Wildman–Crippen MR) is 62.9 cm³/mol. The van der Waals surface area contributed by atoms with Gasteiger partial charge >= 0.3 is 0 Å². The Morgan fingerprint density at radius 2 is 1.88 bits per heavy atom.